The van der Waals surface area contributed by atoms with E-state index >= 15 is 0 Å². The monoisotopic (exact) mass is 381 g/mol. The molecule has 0 radical (unpaired) electrons. The number of benzene rings is 1. The first-order valence-corrected chi connectivity index (χ1v) is 8.48. The Morgan fingerprint density at radius 3 is 2.63 bits per heavy atom. The summed E-state index contributed by atoms with van der Waals surface area (Å²) in [6.07, 6.45) is -3.85. The van der Waals surface area contributed by atoms with E-state index in [0.29, 0.717) is 30.9 Å². The molecule has 1 N–H and O–H groups in total. The molecule has 0 atom stereocenters. The van der Waals surface area contributed by atoms with Gasteiger partial charge in [0.15, 0.2) is 0 Å². The summed E-state index contributed by atoms with van der Waals surface area (Å²) < 4.78 is 41.3. The lowest BCUT2D eigenvalue weighted by molar-refractivity contribution is -0.138. The molecule has 1 aliphatic rings. The Bertz CT molecular complexity index is 861. The number of halogens is 3. The number of hydrogen-bond acceptors (Lipinski definition) is 3. The second-order valence-corrected chi connectivity index (χ2v) is 6.37. The highest BCUT2D eigenvalue weighted by Crippen LogP contribution is 2.32. The van der Waals surface area contributed by atoms with Crippen LogP contribution in [0.2, 0.25) is 0 Å². The number of alkyl halides is 3. The summed E-state index contributed by atoms with van der Waals surface area (Å²) in [5.41, 5.74) is -0.0397. The summed E-state index contributed by atoms with van der Waals surface area (Å²) in [6, 6.07) is 6.47. The van der Waals surface area contributed by atoms with Gasteiger partial charge in [-0.3, -0.25) is 14.3 Å². The highest BCUT2D eigenvalue weighted by Gasteiger charge is 2.36. The smallest absolute Gasteiger partial charge is 0.417 e. The molecule has 1 aliphatic heterocycles. The molecule has 0 fully saturated rings. The van der Waals surface area contributed by atoms with Crippen LogP contribution in [0.5, 0.6) is 0 Å². The van der Waals surface area contributed by atoms with Gasteiger partial charge in [0.1, 0.15) is 0 Å². The van der Waals surface area contributed by atoms with Crippen LogP contribution in [0.1, 0.15) is 40.2 Å². The van der Waals surface area contributed by atoms with Crippen molar-refractivity contribution in [3.05, 3.63) is 52.8 Å². The van der Waals surface area contributed by atoms with E-state index < -0.39 is 23.6 Å². The zero-order valence-corrected chi connectivity index (χ0v) is 14.4. The number of nitrogens with zero attached hydrogens (tertiary/aromatic N) is 3. The molecule has 0 aliphatic carbocycles. The Labute approximate surface area is 153 Å². The molecular weight excluding hydrogens is 363 g/mol. The van der Waals surface area contributed by atoms with E-state index in [1.807, 2.05) is 0 Å². The number of fused-ring (bicyclic) bond motifs is 1. The topological polar surface area (TPSA) is 75.4 Å². The maximum absolute atomic E-state index is 13.2. The van der Waals surface area contributed by atoms with Gasteiger partial charge in [0, 0.05) is 19.5 Å². The van der Waals surface area contributed by atoms with Crippen molar-refractivity contribution in [3.8, 4) is 0 Å². The fraction of sp³-hybridized carbons (Fsp3) is 0.389. The zero-order valence-electron chi connectivity index (χ0n) is 14.4. The molecular formula is C18H18F3N3O3. The summed E-state index contributed by atoms with van der Waals surface area (Å²) in [4.78, 5) is 24.9. The summed E-state index contributed by atoms with van der Waals surface area (Å²) in [7, 11) is 0. The van der Waals surface area contributed by atoms with Crippen LogP contribution >= 0.6 is 0 Å². The fourth-order valence-corrected chi connectivity index (χ4v) is 3.14. The second kappa shape index (κ2) is 7.42. The number of carbonyl (C=O) groups is 2. The molecule has 1 amide bonds. The lowest BCUT2D eigenvalue weighted by Gasteiger charge is -2.22. The maximum Gasteiger partial charge on any atom is 0.417 e. The van der Waals surface area contributed by atoms with E-state index in [1.165, 1.54) is 23.1 Å². The SMILES string of the molecule is O=C(O)CCc1cc2n(n1)CCCN(C(=O)c1ccccc1C(F)(F)F)C2. The number of carbonyl (C=O) groups excluding carboxylic acids is 1. The van der Waals surface area contributed by atoms with E-state index in [-0.39, 0.29) is 24.9 Å². The number of rotatable bonds is 4. The lowest BCUT2D eigenvalue weighted by atomic mass is 10.1. The standard InChI is InChI=1S/C18H18F3N3O3/c19-18(20,21)15-5-2-1-4-14(15)17(27)23-8-3-9-24-13(11-23)10-12(22-24)6-7-16(25)26/h1-2,4-5,10H,3,6-9,11H2,(H,25,26). The normalized spacial score (nSPS) is 14.6. The Morgan fingerprint density at radius 2 is 1.93 bits per heavy atom. The van der Waals surface area contributed by atoms with Gasteiger partial charge in [0.2, 0.25) is 0 Å². The Kier molecular flexibility index (Phi) is 5.20. The highest BCUT2D eigenvalue weighted by molar-refractivity contribution is 5.95. The molecule has 0 spiro atoms. The van der Waals surface area contributed by atoms with E-state index in [4.69, 9.17) is 5.11 Å². The van der Waals surface area contributed by atoms with Gasteiger partial charge in [0.25, 0.3) is 5.91 Å². The van der Waals surface area contributed by atoms with Gasteiger partial charge in [-0.05, 0) is 24.6 Å². The van der Waals surface area contributed by atoms with Crippen molar-refractivity contribution in [1.82, 2.24) is 14.7 Å². The Morgan fingerprint density at radius 1 is 1.19 bits per heavy atom. The van der Waals surface area contributed by atoms with Gasteiger partial charge >= 0.3 is 12.1 Å². The lowest BCUT2D eigenvalue weighted by Crippen LogP contribution is -2.32. The molecule has 1 aromatic heterocycles. The first kappa shape index (κ1) is 18.9. The quantitative estimate of drug-likeness (QED) is 0.884. The number of carboxylic acid groups (broad SMARTS) is 1. The molecule has 0 saturated carbocycles. The molecule has 144 valence electrons. The molecule has 1 aromatic carbocycles. The third-order valence-electron chi connectivity index (χ3n) is 4.41. The van der Waals surface area contributed by atoms with Gasteiger partial charge in [0.05, 0.1) is 35.5 Å². The predicted octanol–water partition coefficient (Wildman–Crippen LogP) is 2.97. The Hall–Kier alpha value is -2.84. The minimum absolute atomic E-state index is 0.0575. The molecule has 0 bridgehead atoms. The van der Waals surface area contributed by atoms with Crippen molar-refractivity contribution in [2.45, 2.75) is 38.5 Å². The van der Waals surface area contributed by atoms with Crippen LogP contribution in [0.25, 0.3) is 0 Å². The molecule has 2 heterocycles. The van der Waals surface area contributed by atoms with Crippen molar-refractivity contribution in [2.75, 3.05) is 6.54 Å². The van der Waals surface area contributed by atoms with Crippen LogP contribution in [-0.2, 0) is 30.5 Å². The van der Waals surface area contributed by atoms with Gasteiger partial charge < -0.3 is 10.0 Å². The number of hydrogen-bond donors (Lipinski definition) is 1. The third kappa shape index (κ3) is 4.29. The van der Waals surface area contributed by atoms with Crippen molar-refractivity contribution in [2.24, 2.45) is 0 Å². The predicted molar refractivity (Wildman–Crippen MR) is 89.0 cm³/mol. The maximum atomic E-state index is 13.2. The largest absolute Gasteiger partial charge is 0.481 e. The van der Waals surface area contributed by atoms with Crippen LogP contribution in [0.15, 0.2) is 30.3 Å². The van der Waals surface area contributed by atoms with Crippen LogP contribution in [0.3, 0.4) is 0 Å². The second-order valence-electron chi connectivity index (χ2n) is 6.37. The average Bonchev–Trinajstić information content (AvgIpc) is 2.89. The summed E-state index contributed by atoms with van der Waals surface area (Å²) in [5, 5.41) is 13.1. The van der Waals surface area contributed by atoms with E-state index in [2.05, 4.69) is 5.10 Å². The number of aliphatic carboxylic acids is 1. The van der Waals surface area contributed by atoms with Gasteiger partial charge in [-0.25, -0.2) is 0 Å². The number of amides is 1. The molecule has 0 saturated heterocycles. The molecule has 6 nitrogen and oxygen atoms in total. The number of carboxylic acids is 1. The van der Waals surface area contributed by atoms with Crippen LogP contribution in [0, 0.1) is 0 Å². The van der Waals surface area contributed by atoms with Gasteiger partial charge in [-0.1, -0.05) is 12.1 Å². The van der Waals surface area contributed by atoms with E-state index in [0.717, 1.165) is 6.07 Å². The number of aryl methyl sites for hydroxylation is 2. The molecule has 3 rings (SSSR count). The first-order chi connectivity index (χ1) is 12.8. The van der Waals surface area contributed by atoms with Crippen molar-refractivity contribution in [1.29, 1.82) is 0 Å². The van der Waals surface area contributed by atoms with Crippen molar-refractivity contribution in [3.63, 3.8) is 0 Å². The third-order valence-corrected chi connectivity index (χ3v) is 4.41. The zero-order chi connectivity index (χ0) is 19.6. The van der Waals surface area contributed by atoms with Crippen LogP contribution in [0.4, 0.5) is 13.2 Å². The van der Waals surface area contributed by atoms with Crippen molar-refractivity contribution >= 4 is 11.9 Å². The molecule has 27 heavy (non-hydrogen) atoms. The van der Waals surface area contributed by atoms with E-state index in [1.54, 1.807) is 10.7 Å². The minimum atomic E-state index is -4.61. The van der Waals surface area contributed by atoms with Gasteiger partial charge in [-0.15, -0.1) is 0 Å². The molecule has 0 unspecified atom stereocenters. The van der Waals surface area contributed by atoms with Crippen molar-refractivity contribution < 1.29 is 27.9 Å². The average molecular weight is 381 g/mol. The minimum Gasteiger partial charge on any atom is -0.481 e. The summed E-state index contributed by atoms with van der Waals surface area (Å²) >= 11 is 0. The van der Waals surface area contributed by atoms with Gasteiger partial charge in [-0.2, -0.15) is 18.3 Å². The Balaban J connectivity index is 1.83. The first-order valence-electron chi connectivity index (χ1n) is 8.48. The van der Waals surface area contributed by atoms with Crippen LogP contribution in [-0.4, -0.2) is 38.2 Å². The highest BCUT2D eigenvalue weighted by atomic mass is 19.4. The fourth-order valence-electron chi connectivity index (χ4n) is 3.14. The van der Waals surface area contributed by atoms with E-state index in [9.17, 15) is 22.8 Å². The molecule has 9 heteroatoms. The summed E-state index contributed by atoms with van der Waals surface area (Å²) in [5.74, 6) is -1.61. The summed E-state index contributed by atoms with van der Waals surface area (Å²) in [6.45, 7) is 0.969. The number of aromatic nitrogens is 2. The molecule has 2 aromatic rings. The van der Waals surface area contributed by atoms with Crippen LogP contribution < -0.4 is 0 Å².